The number of fused-ring (bicyclic) bond motifs is 1. The number of carbonyl (C=O) groups excluding carboxylic acids is 1. The SMILES string of the molecule is O=C(Nc1cc(C(F)(F)F)ccc1Cl)N1CCc2ccccc2C1. The van der Waals surface area contributed by atoms with Gasteiger partial charge in [0.25, 0.3) is 0 Å². The highest BCUT2D eigenvalue weighted by Gasteiger charge is 2.31. The molecule has 126 valence electrons. The topological polar surface area (TPSA) is 32.3 Å². The Morgan fingerprint density at radius 1 is 1.12 bits per heavy atom. The number of carbonyl (C=O) groups is 1. The molecular formula is C17H14ClF3N2O. The van der Waals surface area contributed by atoms with Crippen molar-refractivity contribution in [3.63, 3.8) is 0 Å². The molecule has 2 aromatic carbocycles. The Hall–Kier alpha value is -2.21. The van der Waals surface area contributed by atoms with E-state index >= 15 is 0 Å². The van der Waals surface area contributed by atoms with Crippen LogP contribution in [0.5, 0.6) is 0 Å². The lowest BCUT2D eigenvalue weighted by molar-refractivity contribution is -0.137. The average Bonchev–Trinajstić information content (AvgIpc) is 2.55. The molecule has 0 saturated carbocycles. The van der Waals surface area contributed by atoms with E-state index in [0.29, 0.717) is 19.5 Å². The lowest BCUT2D eigenvalue weighted by Crippen LogP contribution is -2.38. The van der Waals surface area contributed by atoms with Crippen molar-refractivity contribution in [3.05, 3.63) is 64.2 Å². The molecule has 2 amide bonds. The molecule has 3 nitrogen and oxygen atoms in total. The number of benzene rings is 2. The second-order valence-electron chi connectivity index (χ2n) is 5.56. The molecule has 0 bridgehead atoms. The van der Waals surface area contributed by atoms with Gasteiger partial charge in [-0.2, -0.15) is 13.2 Å². The van der Waals surface area contributed by atoms with Gasteiger partial charge in [-0.25, -0.2) is 4.79 Å². The van der Waals surface area contributed by atoms with Crippen LogP contribution in [0, 0.1) is 0 Å². The summed E-state index contributed by atoms with van der Waals surface area (Å²) in [6.45, 7) is 0.915. The molecule has 0 atom stereocenters. The number of alkyl halides is 3. The highest BCUT2D eigenvalue weighted by Crippen LogP contribution is 2.34. The van der Waals surface area contributed by atoms with E-state index in [0.717, 1.165) is 23.8 Å². The van der Waals surface area contributed by atoms with Crippen LogP contribution in [0.25, 0.3) is 0 Å². The molecular weight excluding hydrogens is 341 g/mol. The summed E-state index contributed by atoms with van der Waals surface area (Å²) in [4.78, 5) is 13.9. The zero-order chi connectivity index (χ0) is 17.3. The third-order valence-electron chi connectivity index (χ3n) is 3.95. The third kappa shape index (κ3) is 3.48. The monoisotopic (exact) mass is 354 g/mol. The van der Waals surface area contributed by atoms with Gasteiger partial charge in [0.2, 0.25) is 0 Å². The summed E-state index contributed by atoms with van der Waals surface area (Å²) in [5.41, 5.74) is 1.31. The minimum atomic E-state index is -4.49. The van der Waals surface area contributed by atoms with E-state index in [1.165, 1.54) is 5.56 Å². The lowest BCUT2D eigenvalue weighted by atomic mass is 10.0. The van der Waals surface area contributed by atoms with E-state index < -0.39 is 17.8 Å². The average molecular weight is 355 g/mol. The zero-order valence-electron chi connectivity index (χ0n) is 12.5. The highest BCUT2D eigenvalue weighted by molar-refractivity contribution is 6.33. The molecule has 0 spiro atoms. The van der Waals surface area contributed by atoms with E-state index in [4.69, 9.17) is 11.6 Å². The van der Waals surface area contributed by atoms with Crippen molar-refractivity contribution >= 4 is 23.3 Å². The molecule has 0 unspecified atom stereocenters. The van der Waals surface area contributed by atoms with Crippen molar-refractivity contribution in [1.82, 2.24) is 4.90 Å². The van der Waals surface area contributed by atoms with Gasteiger partial charge in [-0.05, 0) is 35.7 Å². The first kappa shape index (κ1) is 16.6. The second kappa shape index (κ2) is 6.36. The number of anilines is 1. The first-order valence-corrected chi connectivity index (χ1v) is 7.72. The number of urea groups is 1. The van der Waals surface area contributed by atoms with Gasteiger partial charge >= 0.3 is 12.2 Å². The van der Waals surface area contributed by atoms with E-state index in [1.807, 2.05) is 24.3 Å². The standard InChI is InChI=1S/C17H14ClF3N2O/c18-14-6-5-13(17(19,20)21)9-15(14)22-16(24)23-8-7-11-3-1-2-4-12(11)10-23/h1-6,9H,7-8,10H2,(H,22,24). The van der Waals surface area contributed by atoms with Gasteiger partial charge in [0.05, 0.1) is 16.3 Å². The van der Waals surface area contributed by atoms with E-state index in [2.05, 4.69) is 5.32 Å². The normalized spacial score (nSPS) is 14.2. The Balaban J connectivity index is 1.76. The molecule has 0 fully saturated rings. The summed E-state index contributed by atoms with van der Waals surface area (Å²) in [5.74, 6) is 0. The molecule has 7 heteroatoms. The molecule has 0 aromatic heterocycles. The van der Waals surface area contributed by atoms with Gasteiger partial charge in [-0.3, -0.25) is 0 Å². The largest absolute Gasteiger partial charge is 0.416 e. The Bertz CT molecular complexity index is 777. The van der Waals surface area contributed by atoms with E-state index in [9.17, 15) is 18.0 Å². The summed E-state index contributed by atoms with van der Waals surface area (Å²) >= 11 is 5.91. The maximum Gasteiger partial charge on any atom is 0.416 e. The Labute approximate surface area is 142 Å². The molecule has 1 aliphatic heterocycles. The number of nitrogens with zero attached hydrogens (tertiary/aromatic N) is 1. The van der Waals surface area contributed by atoms with Gasteiger partial charge in [0.1, 0.15) is 0 Å². The number of amides is 2. The van der Waals surface area contributed by atoms with Gasteiger partial charge in [0.15, 0.2) is 0 Å². The van der Waals surface area contributed by atoms with Crippen molar-refractivity contribution in [1.29, 1.82) is 0 Å². The van der Waals surface area contributed by atoms with Gasteiger partial charge in [-0.15, -0.1) is 0 Å². The number of rotatable bonds is 1. The van der Waals surface area contributed by atoms with E-state index in [1.54, 1.807) is 4.90 Å². The highest BCUT2D eigenvalue weighted by atomic mass is 35.5. The number of halogens is 4. The third-order valence-corrected chi connectivity index (χ3v) is 4.28. The fraction of sp³-hybridized carbons (Fsp3) is 0.235. The maximum absolute atomic E-state index is 12.8. The summed E-state index contributed by atoms with van der Waals surface area (Å²) in [5, 5.41) is 2.54. The summed E-state index contributed by atoms with van der Waals surface area (Å²) in [7, 11) is 0. The van der Waals surface area contributed by atoms with Crippen molar-refractivity contribution in [2.24, 2.45) is 0 Å². The van der Waals surface area contributed by atoms with Crippen molar-refractivity contribution in [2.45, 2.75) is 19.1 Å². The van der Waals surface area contributed by atoms with Crippen LogP contribution >= 0.6 is 11.6 Å². The smallest absolute Gasteiger partial charge is 0.320 e. The number of hydrogen-bond acceptors (Lipinski definition) is 1. The van der Waals surface area contributed by atoms with Gasteiger partial charge < -0.3 is 10.2 Å². The Morgan fingerprint density at radius 2 is 1.83 bits per heavy atom. The van der Waals surface area contributed by atoms with Crippen LogP contribution in [0.15, 0.2) is 42.5 Å². The Kier molecular flexibility index (Phi) is 4.41. The first-order valence-electron chi connectivity index (χ1n) is 7.34. The molecule has 3 rings (SSSR count). The van der Waals surface area contributed by atoms with Crippen LogP contribution in [-0.2, 0) is 19.1 Å². The van der Waals surface area contributed by atoms with Crippen LogP contribution in [0.2, 0.25) is 5.02 Å². The van der Waals surface area contributed by atoms with Crippen LogP contribution in [-0.4, -0.2) is 17.5 Å². The molecule has 0 radical (unpaired) electrons. The second-order valence-corrected chi connectivity index (χ2v) is 5.97. The molecule has 0 saturated heterocycles. The fourth-order valence-electron chi connectivity index (χ4n) is 2.66. The van der Waals surface area contributed by atoms with Gasteiger partial charge in [0, 0.05) is 13.1 Å². The van der Waals surface area contributed by atoms with Crippen molar-refractivity contribution in [2.75, 3.05) is 11.9 Å². The molecule has 24 heavy (non-hydrogen) atoms. The van der Waals surface area contributed by atoms with Crippen LogP contribution < -0.4 is 5.32 Å². The number of nitrogens with one attached hydrogen (secondary N) is 1. The molecule has 1 N–H and O–H groups in total. The predicted octanol–water partition coefficient (Wildman–Crippen LogP) is 4.95. The number of hydrogen-bond donors (Lipinski definition) is 1. The van der Waals surface area contributed by atoms with Crippen molar-refractivity contribution < 1.29 is 18.0 Å². The quantitative estimate of drug-likeness (QED) is 0.772. The molecule has 1 heterocycles. The zero-order valence-corrected chi connectivity index (χ0v) is 13.3. The molecule has 1 aliphatic rings. The Morgan fingerprint density at radius 3 is 2.54 bits per heavy atom. The van der Waals surface area contributed by atoms with Crippen LogP contribution in [0.1, 0.15) is 16.7 Å². The first-order chi connectivity index (χ1) is 11.3. The van der Waals surface area contributed by atoms with Crippen LogP contribution in [0.4, 0.5) is 23.7 Å². The predicted molar refractivity (Wildman–Crippen MR) is 86.0 cm³/mol. The fourth-order valence-corrected chi connectivity index (χ4v) is 2.83. The molecule has 2 aromatic rings. The maximum atomic E-state index is 12.8. The van der Waals surface area contributed by atoms with Crippen molar-refractivity contribution in [3.8, 4) is 0 Å². The lowest BCUT2D eigenvalue weighted by Gasteiger charge is -2.29. The van der Waals surface area contributed by atoms with E-state index in [-0.39, 0.29) is 10.7 Å². The van der Waals surface area contributed by atoms with Crippen LogP contribution in [0.3, 0.4) is 0 Å². The molecule has 0 aliphatic carbocycles. The summed E-state index contributed by atoms with van der Waals surface area (Å²) in [6, 6.07) is 10.2. The van der Waals surface area contributed by atoms with Gasteiger partial charge in [-0.1, -0.05) is 35.9 Å². The minimum Gasteiger partial charge on any atom is -0.320 e. The minimum absolute atomic E-state index is 0.0460. The summed E-state index contributed by atoms with van der Waals surface area (Å²) in [6.07, 6.45) is -3.78. The summed E-state index contributed by atoms with van der Waals surface area (Å²) < 4.78 is 38.4.